The van der Waals surface area contributed by atoms with Gasteiger partial charge in [-0.15, -0.1) is 0 Å². The smallest absolute Gasteiger partial charge is 0.241 e. The maximum atomic E-state index is 13.0. The number of rotatable bonds is 8. The number of nitrogens with zero attached hydrogens (tertiary/aromatic N) is 1. The number of halogens is 1. The number of amides is 2. The van der Waals surface area contributed by atoms with Crippen molar-refractivity contribution in [3.8, 4) is 0 Å². The van der Waals surface area contributed by atoms with Crippen molar-refractivity contribution in [3.63, 3.8) is 0 Å². The third-order valence-electron chi connectivity index (χ3n) is 5.47. The molecule has 0 aromatic heterocycles. The van der Waals surface area contributed by atoms with E-state index in [1.165, 1.54) is 6.07 Å². The van der Waals surface area contributed by atoms with Crippen molar-refractivity contribution < 1.29 is 18.0 Å². The van der Waals surface area contributed by atoms with Crippen LogP contribution in [-0.2, 0) is 32.6 Å². The monoisotopic (exact) mass is 477 g/mol. The molecule has 0 aliphatic carbocycles. The molecule has 7 nitrogen and oxygen atoms in total. The Morgan fingerprint density at radius 3 is 2.44 bits per heavy atom. The Morgan fingerprint density at radius 1 is 1.12 bits per heavy atom. The van der Waals surface area contributed by atoms with E-state index in [1.54, 1.807) is 62.1 Å². The molecule has 32 heavy (non-hydrogen) atoms. The van der Waals surface area contributed by atoms with Gasteiger partial charge in [0, 0.05) is 30.2 Å². The lowest BCUT2D eigenvalue weighted by Gasteiger charge is -2.22. The van der Waals surface area contributed by atoms with Crippen molar-refractivity contribution in [3.05, 3.63) is 58.6 Å². The van der Waals surface area contributed by atoms with Gasteiger partial charge in [-0.05, 0) is 53.8 Å². The fraction of sp³-hybridized carbons (Fsp3) is 0.391. The van der Waals surface area contributed by atoms with Crippen molar-refractivity contribution in [2.24, 2.45) is 5.92 Å². The van der Waals surface area contributed by atoms with E-state index in [-0.39, 0.29) is 23.3 Å². The lowest BCUT2D eigenvalue weighted by molar-refractivity contribution is -0.123. The largest absolute Gasteiger partial charge is 0.351 e. The number of anilines is 1. The van der Waals surface area contributed by atoms with Gasteiger partial charge in [0.05, 0.1) is 4.90 Å². The van der Waals surface area contributed by atoms with Crippen molar-refractivity contribution in [2.75, 3.05) is 11.4 Å². The SMILES string of the molecule is CCC(=O)N1CCc2cc(S(=O)(=O)NC(C(=O)NCc3ccc(Cl)cc3)C(C)C)ccc21. The van der Waals surface area contributed by atoms with Gasteiger partial charge in [-0.1, -0.05) is 44.5 Å². The van der Waals surface area contributed by atoms with E-state index < -0.39 is 22.0 Å². The van der Waals surface area contributed by atoms with Crippen LogP contribution in [0.4, 0.5) is 5.69 Å². The Hall–Kier alpha value is -2.42. The van der Waals surface area contributed by atoms with Gasteiger partial charge in [0.2, 0.25) is 21.8 Å². The first-order valence-electron chi connectivity index (χ1n) is 10.6. The first-order valence-corrected chi connectivity index (χ1v) is 12.5. The second kappa shape index (κ2) is 10.0. The number of nitrogens with one attached hydrogen (secondary N) is 2. The lowest BCUT2D eigenvalue weighted by Crippen LogP contribution is -2.49. The molecule has 0 bridgehead atoms. The van der Waals surface area contributed by atoms with Crippen LogP contribution in [0.2, 0.25) is 5.02 Å². The summed E-state index contributed by atoms with van der Waals surface area (Å²) < 4.78 is 28.6. The van der Waals surface area contributed by atoms with Crippen molar-refractivity contribution in [1.29, 1.82) is 0 Å². The highest BCUT2D eigenvalue weighted by Gasteiger charge is 2.30. The Morgan fingerprint density at radius 2 is 1.81 bits per heavy atom. The number of carbonyl (C=O) groups is 2. The van der Waals surface area contributed by atoms with Gasteiger partial charge in [0.1, 0.15) is 6.04 Å². The normalized spacial score (nSPS) is 14.3. The van der Waals surface area contributed by atoms with Crippen LogP contribution < -0.4 is 14.9 Å². The van der Waals surface area contributed by atoms with Crippen LogP contribution in [0.1, 0.15) is 38.3 Å². The summed E-state index contributed by atoms with van der Waals surface area (Å²) in [5, 5.41) is 3.39. The zero-order valence-corrected chi connectivity index (χ0v) is 20.0. The van der Waals surface area contributed by atoms with E-state index in [0.717, 1.165) is 16.8 Å². The molecule has 2 aromatic rings. The van der Waals surface area contributed by atoms with E-state index in [9.17, 15) is 18.0 Å². The molecule has 0 fully saturated rings. The molecular weight excluding hydrogens is 450 g/mol. The fourth-order valence-electron chi connectivity index (χ4n) is 3.62. The highest BCUT2D eigenvalue weighted by Crippen LogP contribution is 2.30. The number of hydrogen-bond donors (Lipinski definition) is 2. The lowest BCUT2D eigenvalue weighted by atomic mass is 10.0. The molecule has 1 atom stereocenters. The zero-order chi connectivity index (χ0) is 23.5. The molecule has 172 valence electrons. The van der Waals surface area contributed by atoms with Gasteiger partial charge in [-0.25, -0.2) is 8.42 Å². The topological polar surface area (TPSA) is 95.6 Å². The van der Waals surface area contributed by atoms with Crippen LogP contribution in [0, 0.1) is 5.92 Å². The van der Waals surface area contributed by atoms with Crippen LogP contribution in [0.25, 0.3) is 0 Å². The summed E-state index contributed by atoms with van der Waals surface area (Å²) in [5.41, 5.74) is 2.41. The Bertz CT molecular complexity index is 1100. The van der Waals surface area contributed by atoms with Crippen molar-refractivity contribution in [2.45, 2.75) is 51.1 Å². The van der Waals surface area contributed by atoms with Crippen LogP contribution in [0.5, 0.6) is 0 Å². The molecule has 3 rings (SSSR count). The summed E-state index contributed by atoms with van der Waals surface area (Å²) >= 11 is 5.88. The molecule has 2 N–H and O–H groups in total. The summed E-state index contributed by atoms with van der Waals surface area (Å²) in [6.07, 6.45) is 0.988. The summed E-state index contributed by atoms with van der Waals surface area (Å²) in [6, 6.07) is 10.9. The van der Waals surface area contributed by atoms with E-state index in [2.05, 4.69) is 10.0 Å². The van der Waals surface area contributed by atoms with Gasteiger partial charge in [-0.2, -0.15) is 4.72 Å². The standard InChI is InChI=1S/C23H28ClN3O4S/c1-4-21(28)27-12-11-17-13-19(9-10-20(17)27)32(30,31)26-22(15(2)3)23(29)25-14-16-5-7-18(24)8-6-16/h5-10,13,15,22,26H,4,11-12,14H2,1-3H3,(H,25,29). The third-order valence-corrected chi connectivity index (χ3v) is 7.16. The second-order valence-electron chi connectivity index (χ2n) is 8.13. The Labute approximate surface area is 194 Å². The number of fused-ring (bicyclic) bond motifs is 1. The summed E-state index contributed by atoms with van der Waals surface area (Å²) in [7, 11) is -3.93. The number of hydrogen-bond acceptors (Lipinski definition) is 4. The second-order valence-corrected chi connectivity index (χ2v) is 10.3. The Kier molecular flexibility index (Phi) is 7.59. The van der Waals surface area contributed by atoms with Crippen LogP contribution in [-0.4, -0.2) is 32.8 Å². The van der Waals surface area contributed by atoms with Crippen LogP contribution >= 0.6 is 11.6 Å². The van der Waals surface area contributed by atoms with Gasteiger partial charge in [0.15, 0.2) is 0 Å². The molecule has 1 unspecified atom stereocenters. The van der Waals surface area contributed by atoms with E-state index in [4.69, 9.17) is 11.6 Å². The molecule has 1 heterocycles. The minimum atomic E-state index is -3.93. The maximum Gasteiger partial charge on any atom is 0.241 e. The minimum absolute atomic E-state index is 0.00899. The van der Waals surface area contributed by atoms with Crippen molar-refractivity contribution in [1.82, 2.24) is 10.0 Å². The van der Waals surface area contributed by atoms with E-state index >= 15 is 0 Å². The van der Waals surface area contributed by atoms with Gasteiger partial charge < -0.3 is 10.2 Å². The molecular formula is C23H28ClN3O4S. The quantitative estimate of drug-likeness (QED) is 0.610. The molecule has 0 saturated carbocycles. The number of benzene rings is 2. The maximum absolute atomic E-state index is 13.0. The highest BCUT2D eigenvalue weighted by molar-refractivity contribution is 7.89. The summed E-state index contributed by atoms with van der Waals surface area (Å²) in [4.78, 5) is 26.6. The van der Waals surface area contributed by atoms with Crippen LogP contribution in [0.3, 0.4) is 0 Å². The third kappa shape index (κ3) is 5.49. The number of carbonyl (C=O) groups excluding carboxylic acids is 2. The van der Waals surface area contributed by atoms with E-state index in [1.807, 2.05) is 0 Å². The van der Waals surface area contributed by atoms with Gasteiger partial charge in [-0.3, -0.25) is 9.59 Å². The predicted molar refractivity (Wildman–Crippen MR) is 125 cm³/mol. The van der Waals surface area contributed by atoms with Gasteiger partial charge >= 0.3 is 0 Å². The average molecular weight is 478 g/mol. The number of sulfonamides is 1. The summed E-state index contributed by atoms with van der Waals surface area (Å²) in [5.74, 6) is -0.656. The predicted octanol–water partition coefficient (Wildman–Crippen LogP) is 3.26. The summed E-state index contributed by atoms with van der Waals surface area (Å²) in [6.45, 7) is 6.17. The molecule has 2 aromatic carbocycles. The van der Waals surface area contributed by atoms with Crippen LogP contribution in [0.15, 0.2) is 47.4 Å². The molecule has 0 radical (unpaired) electrons. The molecule has 9 heteroatoms. The molecule has 0 spiro atoms. The minimum Gasteiger partial charge on any atom is -0.351 e. The zero-order valence-electron chi connectivity index (χ0n) is 18.4. The van der Waals surface area contributed by atoms with Gasteiger partial charge in [0.25, 0.3) is 0 Å². The first kappa shape index (κ1) is 24.2. The highest BCUT2D eigenvalue weighted by atomic mass is 35.5. The van der Waals surface area contributed by atoms with Crippen molar-refractivity contribution >= 4 is 39.1 Å². The molecule has 0 saturated heterocycles. The van der Waals surface area contributed by atoms with E-state index in [0.29, 0.717) is 24.4 Å². The average Bonchev–Trinajstić information content (AvgIpc) is 3.19. The molecule has 2 amide bonds. The Balaban J connectivity index is 1.73. The fourth-order valence-corrected chi connectivity index (χ4v) is 5.14. The first-order chi connectivity index (χ1) is 15.1. The molecule has 1 aliphatic heterocycles. The molecule has 1 aliphatic rings.